The fraction of sp³-hybridized carbons (Fsp3) is 0.323. The molecule has 2 aromatic rings. The molecule has 0 radical (unpaired) electrons. The van der Waals surface area contributed by atoms with Crippen molar-refractivity contribution in [3.63, 3.8) is 0 Å². The maximum absolute atomic E-state index is 10.7. The molecule has 0 aliphatic carbocycles. The number of piperazine rings is 1. The lowest BCUT2D eigenvalue weighted by molar-refractivity contribution is -0.137. The number of nitrogens with zero attached hydrogens (tertiary/aromatic N) is 2. The zero-order valence-corrected chi connectivity index (χ0v) is 24.7. The molecule has 0 saturated carbocycles. The van der Waals surface area contributed by atoms with Crippen LogP contribution in [0.3, 0.4) is 0 Å². The second-order valence-electron chi connectivity index (χ2n) is 9.25. The van der Waals surface area contributed by atoms with E-state index >= 15 is 0 Å². The second kappa shape index (κ2) is 21.6. The standard InChI is InChI=1S/C23H30N2O4.2C4H4O4/c1-28-21-10-6-5-9-20(21)23(19-7-3-2-4-8-19)29-18-17-25-15-13-24(14-16-25)12-11-22(26)27;2*5-3(6)1-2-4(7)8/h2-10,23H,11-18H2,1H3,(H,26,27);2*1-2H,(H,5,6)(H,7,8)/b;2*2-1-. The molecule has 1 atom stereocenters. The minimum atomic E-state index is -1.26. The van der Waals surface area contributed by atoms with Crippen molar-refractivity contribution in [3.8, 4) is 5.75 Å². The van der Waals surface area contributed by atoms with Crippen molar-refractivity contribution in [2.24, 2.45) is 0 Å². The largest absolute Gasteiger partial charge is 0.496 e. The molecule has 0 bridgehead atoms. The highest BCUT2D eigenvalue weighted by Gasteiger charge is 2.21. The van der Waals surface area contributed by atoms with E-state index in [2.05, 4.69) is 28.0 Å². The van der Waals surface area contributed by atoms with Crippen LogP contribution in [0, 0.1) is 0 Å². The molecule has 45 heavy (non-hydrogen) atoms. The molecule has 2 aromatic carbocycles. The van der Waals surface area contributed by atoms with Crippen molar-refractivity contribution in [3.05, 3.63) is 90.0 Å². The van der Waals surface area contributed by atoms with Gasteiger partial charge in [0, 0.05) is 69.1 Å². The molecule has 0 spiro atoms. The Labute approximate surface area is 260 Å². The Morgan fingerprint density at radius 2 is 1.13 bits per heavy atom. The van der Waals surface area contributed by atoms with Gasteiger partial charge in [-0.1, -0.05) is 48.5 Å². The SMILES string of the molecule is COc1ccccc1C(OCCN1CCN(CCC(=O)O)CC1)c1ccccc1.O=C(O)/C=C\C(=O)O.O=C(O)/C=C\C(=O)O. The van der Waals surface area contributed by atoms with E-state index in [0.29, 0.717) is 37.5 Å². The number of rotatable bonds is 14. The van der Waals surface area contributed by atoms with Crippen LogP contribution in [0.5, 0.6) is 5.75 Å². The number of methoxy groups -OCH3 is 1. The third kappa shape index (κ3) is 17.6. The van der Waals surface area contributed by atoms with Crippen molar-refractivity contribution >= 4 is 29.8 Å². The van der Waals surface area contributed by atoms with Crippen LogP contribution in [-0.4, -0.2) is 118 Å². The number of para-hydroxylation sites is 1. The molecule has 1 fully saturated rings. The normalized spacial score (nSPS) is 14.0. The molecule has 5 N–H and O–H groups in total. The van der Waals surface area contributed by atoms with Crippen LogP contribution in [-0.2, 0) is 28.7 Å². The van der Waals surface area contributed by atoms with Gasteiger partial charge in [0.1, 0.15) is 11.9 Å². The third-order valence-electron chi connectivity index (χ3n) is 6.06. The summed E-state index contributed by atoms with van der Waals surface area (Å²) in [6.07, 6.45) is 2.26. The van der Waals surface area contributed by atoms with E-state index in [1.54, 1.807) is 7.11 Å². The van der Waals surface area contributed by atoms with E-state index in [9.17, 15) is 24.0 Å². The topological polar surface area (TPSA) is 211 Å². The summed E-state index contributed by atoms with van der Waals surface area (Å²) in [5.74, 6) is -4.93. The maximum atomic E-state index is 10.7. The van der Waals surface area contributed by atoms with Crippen LogP contribution < -0.4 is 4.74 Å². The number of carboxylic acid groups (broad SMARTS) is 5. The number of hydrogen-bond acceptors (Lipinski definition) is 9. The van der Waals surface area contributed by atoms with Crippen molar-refractivity contribution in [1.82, 2.24) is 9.80 Å². The smallest absolute Gasteiger partial charge is 0.328 e. The number of carbonyl (C=O) groups is 5. The monoisotopic (exact) mass is 630 g/mol. The van der Waals surface area contributed by atoms with Crippen molar-refractivity contribution in [1.29, 1.82) is 0 Å². The second-order valence-corrected chi connectivity index (χ2v) is 9.25. The molecule has 14 nitrogen and oxygen atoms in total. The zero-order chi connectivity index (χ0) is 33.6. The Morgan fingerprint density at radius 3 is 1.58 bits per heavy atom. The Balaban J connectivity index is 0.000000521. The van der Waals surface area contributed by atoms with Gasteiger partial charge in [-0.05, 0) is 11.6 Å². The predicted molar refractivity (Wildman–Crippen MR) is 161 cm³/mol. The van der Waals surface area contributed by atoms with E-state index < -0.39 is 29.8 Å². The summed E-state index contributed by atoms with van der Waals surface area (Å²) in [4.78, 5) is 53.5. The first-order valence-corrected chi connectivity index (χ1v) is 13.7. The molecule has 1 saturated heterocycles. The van der Waals surface area contributed by atoms with Crippen LogP contribution in [0.15, 0.2) is 78.9 Å². The van der Waals surface area contributed by atoms with Crippen LogP contribution in [0.2, 0.25) is 0 Å². The third-order valence-corrected chi connectivity index (χ3v) is 6.06. The summed E-state index contributed by atoms with van der Waals surface area (Å²) >= 11 is 0. The minimum Gasteiger partial charge on any atom is -0.496 e. The highest BCUT2D eigenvalue weighted by atomic mass is 16.5. The molecule has 1 aliphatic heterocycles. The lowest BCUT2D eigenvalue weighted by Gasteiger charge is -2.34. The fourth-order valence-corrected chi connectivity index (χ4v) is 3.95. The van der Waals surface area contributed by atoms with Gasteiger partial charge in [-0.3, -0.25) is 9.69 Å². The number of aliphatic carboxylic acids is 5. The predicted octanol–water partition coefficient (Wildman–Crippen LogP) is 2.32. The number of carboxylic acids is 5. The fourth-order valence-electron chi connectivity index (χ4n) is 3.95. The van der Waals surface area contributed by atoms with Gasteiger partial charge in [0.25, 0.3) is 0 Å². The van der Waals surface area contributed by atoms with Gasteiger partial charge in [0.05, 0.1) is 20.1 Å². The van der Waals surface area contributed by atoms with Gasteiger partial charge in [-0.15, -0.1) is 0 Å². The zero-order valence-electron chi connectivity index (χ0n) is 24.7. The van der Waals surface area contributed by atoms with E-state index in [-0.39, 0.29) is 12.5 Å². The van der Waals surface area contributed by atoms with E-state index in [4.69, 9.17) is 35.0 Å². The van der Waals surface area contributed by atoms with Gasteiger partial charge in [-0.2, -0.15) is 0 Å². The highest BCUT2D eigenvalue weighted by Crippen LogP contribution is 2.32. The first kappa shape index (κ1) is 38.0. The molecule has 0 aromatic heterocycles. The number of benzene rings is 2. The highest BCUT2D eigenvalue weighted by molar-refractivity contribution is 5.90. The molecule has 0 amide bonds. The summed E-state index contributed by atoms with van der Waals surface area (Å²) in [5.41, 5.74) is 2.13. The van der Waals surface area contributed by atoms with Gasteiger partial charge in [0.15, 0.2) is 0 Å². The van der Waals surface area contributed by atoms with Gasteiger partial charge in [0.2, 0.25) is 0 Å². The van der Waals surface area contributed by atoms with Crippen LogP contribution in [0.4, 0.5) is 0 Å². The summed E-state index contributed by atoms with van der Waals surface area (Å²) < 4.78 is 11.9. The molecule has 3 rings (SSSR count). The first-order chi connectivity index (χ1) is 21.4. The molecular formula is C31H38N2O12. The molecule has 1 unspecified atom stereocenters. The van der Waals surface area contributed by atoms with Crippen LogP contribution >= 0.6 is 0 Å². The summed E-state index contributed by atoms with van der Waals surface area (Å²) in [5, 5.41) is 40.1. The van der Waals surface area contributed by atoms with Crippen molar-refractivity contribution in [2.45, 2.75) is 12.5 Å². The summed E-state index contributed by atoms with van der Waals surface area (Å²) in [7, 11) is 1.69. The summed E-state index contributed by atoms with van der Waals surface area (Å²) in [6, 6.07) is 18.2. The average molecular weight is 631 g/mol. The number of ether oxygens (including phenoxy) is 2. The molecule has 1 aliphatic rings. The summed E-state index contributed by atoms with van der Waals surface area (Å²) in [6.45, 7) is 5.78. The van der Waals surface area contributed by atoms with E-state index in [1.807, 2.05) is 36.4 Å². The Kier molecular flexibility index (Phi) is 18.2. The van der Waals surface area contributed by atoms with E-state index in [0.717, 1.165) is 49.6 Å². The molecule has 14 heteroatoms. The number of hydrogen-bond donors (Lipinski definition) is 5. The van der Waals surface area contributed by atoms with Gasteiger partial charge < -0.3 is 39.9 Å². The minimum absolute atomic E-state index is 0.177. The average Bonchev–Trinajstić information content (AvgIpc) is 3.02. The molecule has 1 heterocycles. The van der Waals surface area contributed by atoms with Crippen LogP contribution in [0.25, 0.3) is 0 Å². The van der Waals surface area contributed by atoms with Crippen molar-refractivity contribution < 1.29 is 59.0 Å². The molecule has 244 valence electrons. The Morgan fingerprint density at radius 1 is 0.689 bits per heavy atom. The lowest BCUT2D eigenvalue weighted by atomic mass is 10.0. The Bertz CT molecular complexity index is 1220. The quantitative estimate of drug-likeness (QED) is 0.190. The Hall–Kier alpha value is -5.05. The first-order valence-electron chi connectivity index (χ1n) is 13.7. The maximum Gasteiger partial charge on any atom is 0.328 e. The molecular weight excluding hydrogens is 592 g/mol. The van der Waals surface area contributed by atoms with E-state index in [1.165, 1.54) is 0 Å². The van der Waals surface area contributed by atoms with Gasteiger partial charge in [-0.25, -0.2) is 19.2 Å². The lowest BCUT2D eigenvalue weighted by Crippen LogP contribution is -2.47. The van der Waals surface area contributed by atoms with Crippen molar-refractivity contribution in [2.75, 3.05) is 53.0 Å². The van der Waals surface area contributed by atoms with Gasteiger partial charge >= 0.3 is 29.8 Å². The van der Waals surface area contributed by atoms with Crippen LogP contribution in [0.1, 0.15) is 23.7 Å².